The molecule has 6 heteroatoms. The lowest BCUT2D eigenvalue weighted by Gasteiger charge is -2.11. The van der Waals surface area contributed by atoms with Crippen molar-refractivity contribution in [2.24, 2.45) is 0 Å². The molecule has 0 spiro atoms. The lowest BCUT2D eigenvalue weighted by molar-refractivity contribution is -0.136. The van der Waals surface area contributed by atoms with Crippen LogP contribution in [0.25, 0.3) is 0 Å². The number of aliphatic hydroxyl groups is 1. The second-order valence-electron chi connectivity index (χ2n) is 3.93. The molecule has 102 valence electrons. The summed E-state index contributed by atoms with van der Waals surface area (Å²) in [6.07, 6.45) is -5.49. The van der Waals surface area contributed by atoms with Gasteiger partial charge in [0, 0.05) is 21.5 Å². The van der Waals surface area contributed by atoms with Crippen LogP contribution in [0.2, 0.25) is 0 Å². The van der Waals surface area contributed by atoms with Gasteiger partial charge in [-0.05, 0) is 37.1 Å². The van der Waals surface area contributed by atoms with Gasteiger partial charge in [-0.15, -0.1) is 11.8 Å². The molecule has 1 aromatic carbocycles. The average Bonchev–Trinajstić information content (AvgIpc) is 2.26. The lowest BCUT2D eigenvalue weighted by Crippen LogP contribution is -2.13. The average molecular weight is 343 g/mol. The van der Waals surface area contributed by atoms with Crippen molar-refractivity contribution < 1.29 is 18.3 Å². The topological polar surface area (TPSA) is 20.2 Å². The SMILES string of the molecule is OC(CCCC(F)(F)F)CSc1ccc(Br)cc1. The van der Waals surface area contributed by atoms with E-state index in [2.05, 4.69) is 15.9 Å². The third kappa shape index (κ3) is 7.28. The molecule has 0 aliphatic rings. The number of thioether (sulfide) groups is 1. The summed E-state index contributed by atoms with van der Waals surface area (Å²) < 4.78 is 36.7. The molecule has 1 aromatic rings. The Morgan fingerprint density at radius 1 is 1.22 bits per heavy atom. The molecule has 0 fully saturated rings. The number of alkyl halides is 3. The number of rotatable bonds is 6. The van der Waals surface area contributed by atoms with Crippen LogP contribution in [0.1, 0.15) is 19.3 Å². The zero-order valence-electron chi connectivity index (χ0n) is 9.58. The van der Waals surface area contributed by atoms with Gasteiger partial charge >= 0.3 is 6.18 Å². The molecule has 1 N–H and O–H groups in total. The van der Waals surface area contributed by atoms with Crippen LogP contribution in [-0.2, 0) is 0 Å². The van der Waals surface area contributed by atoms with E-state index in [4.69, 9.17) is 0 Å². The summed E-state index contributed by atoms with van der Waals surface area (Å²) in [7, 11) is 0. The molecule has 0 saturated heterocycles. The summed E-state index contributed by atoms with van der Waals surface area (Å²) in [5, 5.41) is 9.56. The summed E-state index contributed by atoms with van der Waals surface area (Å²) in [4.78, 5) is 0.994. The van der Waals surface area contributed by atoms with Crippen LogP contribution in [0.5, 0.6) is 0 Å². The van der Waals surface area contributed by atoms with Gasteiger partial charge in [0.25, 0.3) is 0 Å². The molecule has 18 heavy (non-hydrogen) atoms. The van der Waals surface area contributed by atoms with Gasteiger partial charge in [-0.1, -0.05) is 15.9 Å². The Morgan fingerprint density at radius 2 is 1.83 bits per heavy atom. The predicted molar refractivity (Wildman–Crippen MR) is 70.8 cm³/mol. The third-order valence-electron chi connectivity index (χ3n) is 2.25. The maximum Gasteiger partial charge on any atom is 0.389 e. The van der Waals surface area contributed by atoms with Crippen LogP contribution >= 0.6 is 27.7 Å². The molecule has 0 bridgehead atoms. The van der Waals surface area contributed by atoms with E-state index >= 15 is 0 Å². The highest BCUT2D eigenvalue weighted by Crippen LogP contribution is 2.25. The molecule has 1 nitrogen and oxygen atoms in total. The van der Waals surface area contributed by atoms with Gasteiger partial charge in [0.2, 0.25) is 0 Å². The van der Waals surface area contributed by atoms with E-state index in [0.717, 1.165) is 9.37 Å². The molecular weight excluding hydrogens is 329 g/mol. The molecular formula is C12H14BrF3OS. The number of halogens is 4. The molecule has 1 unspecified atom stereocenters. The standard InChI is InChI=1S/C12H14BrF3OS/c13-9-3-5-11(6-4-9)18-8-10(17)2-1-7-12(14,15)16/h3-6,10,17H,1-2,7-8H2. The van der Waals surface area contributed by atoms with Gasteiger partial charge in [-0.2, -0.15) is 13.2 Å². The quantitative estimate of drug-likeness (QED) is 0.760. The maximum absolute atomic E-state index is 11.9. The van der Waals surface area contributed by atoms with Crippen molar-refractivity contribution in [3.05, 3.63) is 28.7 Å². The third-order valence-corrected chi connectivity index (χ3v) is 3.94. The summed E-state index contributed by atoms with van der Waals surface area (Å²) in [5.74, 6) is 0.416. The summed E-state index contributed by atoms with van der Waals surface area (Å²) in [6, 6.07) is 7.57. The maximum atomic E-state index is 11.9. The number of hydrogen-bond donors (Lipinski definition) is 1. The van der Waals surface area contributed by atoms with E-state index in [-0.39, 0.29) is 12.8 Å². The van der Waals surface area contributed by atoms with Crippen LogP contribution in [0.3, 0.4) is 0 Å². The lowest BCUT2D eigenvalue weighted by atomic mass is 10.2. The van der Waals surface area contributed by atoms with Crippen molar-refractivity contribution in [1.29, 1.82) is 0 Å². The van der Waals surface area contributed by atoms with E-state index in [9.17, 15) is 18.3 Å². The summed E-state index contributed by atoms with van der Waals surface area (Å²) in [5.41, 5.74) is 0. The molecule has 1 atom stereocenters. The number of hydrogen-bond acceptors (Lipinski definition) is 2. The predicted octanol–water partition coefficient (Wildman–Crippen LogP) is 4.63. The Morgan fingerprint density at radius 3 is 2.39 bits per heavy atom. The van der Waals surface area contributed by atoms with Crippen molar-refractivity contribution in [2.75, 3.05) is 5.75 Å². The van der Waals surface area contributed by atoms with Gasteiger partial charge in [-0.25, -0.2) is 0 Å². The van der Waals surface area contributed by atoms with Gasteiger partial charge in [0.05, 0.1) is 6.10 Å². The van der Waals surface area contributed by atoms with E-state index in [1.165, 1.54) is 11.8 Å². The number of benzene rings is 1. The van der Waals surface area contributed by atoms with Crippen molar-refractivity contribution >= 4 is 27.7 Å². The molecule has 0 radical (unpaired) electrons. The molecule has 0 saturated carbocycles. The van der Waals surface area contributed by atoms with Gasteiger partial charge in [0.1, 0.15) is 0 Å². The first kappa shape index (κ1) is 15.9. The summed E-state index contributed by atoms with van der Waals surface area (Å²) >= 11 is 4.76. The molecule has 0 amide bonds. The van der Waals surface area contributed by atoms with Gasteiger partial charge < -0.3 is 5.11 Å². The van der Waals surface area contributed by atoms with Crippen LogP contribution in [-0.4, -0.2) is 23.1 Å². The highest BCUT2D eigenvalue weighted by Gasteiger charge is 2.26. The number of aliphatic hydroxyl groups excluding tert-OH is 1. The Bertz CT molecular complexity index is 353. The van der Waals surface area contributed by atoms with Crippen molar-refractivity contribution in [3.63, 3.8) is 0 Å². The molecule has 0 aliphatic heterocycles. The normalized spacial score (nSPS) is 13.6. The monoisotopic (exact) mass is 342 g/mol. The second-order valence-corrected chi connectivity index (χ2v) is 5.94. The summed E-state index contributed by atoms with van der Waals surface area (Å²) in [6.45, 7) is 0. The molecule has 1 rings (SSSR count). The molecule has 0 heterocycles. The highest BCUT2D eigenvalue weighted by atomic mass is 79.9. The Hall–Kier alpha value is -0.200. The van der Waals surface area contributed by atoms with E-state index < -0.39 is 18.7 Å². The fourth-order valence-electron chi connectivity index (χ4n) is 1.34. The van der Waals surface area contributed by atoms with Crippen LogP contribution in [0, 0.1) is 0 Å². The fraction of sp³-hybridized carbons (Fsp3) is 0.500. The largest absolute Gasteiger partial charge is 0.392 e. The first-order valence-corrected chi connectivity index (χ1v) is 7.28. The van der Waals surface area contributed by atoms with Crippen LogP contribution in [0.4, 0.5) is 13.2 Å². The smallest absolute Gasteiger partial charge is 0.389 e. The zero-order valence-corrected chi connectivity index (χ0v) is 12.0. The van der Waals surface area contributed by atoms with Gasteiger partial charge in [0.15, 0.2) is 0 Å². The van der Waals surface area contributed by atoms with Gasteiger partial charge in [-0.3, -0.25) is 0 Å². The second kappa shape index (κ2) is 7.40. The minimum absolute atomic E-state index is 0.0223. The Balaban J connectivity index is 2.21. The van der Waals surface area contributed by atoms with Crippen molar-refractivity contribution in [3.8, 4) is 0 Å². The molecule has 0 aromatic heterocycles. The molecule has 0 aliphatic carbocycles. The van der Waals surface area contributed by atoms with Crippen LogP contribution in [0.15, 0.2) is 33.6 Å². The van der Waals surface area contributed by atoms with Crippen molar-refractivity contribution in [2.45, 2.75) is 36.4 Å². The Labute approximate surface area is 117 Å². The minimum atomic E-state index is -4.13. The highest BCUT2D eigenvalue weighted by molar-refractivity contribution is 9.10. The van der Waals surface area contributed by atoms with Crippen molar-refractivity contribution in [1.82, 2.24) is 0 Å². The zero-order chi connectivity index (χ0) is 13.6. The van der Waals surface area contributed by atoms with E-state index in [1.54, 1.807) is 0 Å². The van der Waals surface area contributed by atoms with E-state index in [1.807, 2.05) is 24.3 Å². The Kier molecular flexibility index (Phi) is 6.52. The first-order chi connectivity index (χ1) is 8.37. The minimum Gasteiger partial charge on any atom is -0.392 e. The first-order valence-electron chi connectivity index (χ1n) is 5.50. The van der Waals surface area contributed by atoms with E-state index in [0.29, 0.717) is 5.75 Å². The van der Waals surface area contributed by atoms with Crippen LogP contribution < -0.4 is 0 Å². The fourth-order valence-corrected chi connectivity index (χ4v) is 2.49.